The summed E-state index contributed by atoms with van der Waals surface area (Å²) < 4.78 is 86.1. The van der Waals surface area contributed by atoms with Crippen LogP contribution >= 0.6 is 19.5 Å². The summed E-state index contributed by atoms with van der Waals surface area (Å²) >= 11 is 1.50. The summed E-state index contributed by atoms with van der Waals surface area (Å²) in [7, 11) is 1.09. The Bertz CT molecular complexity index is 1400. The van der Waals surface area contributed by atoms with E-state index in [2.05, 4.69) is 15.6 Å². The molecule has 2 saturated heterocycles. The number of nitrogens with zero attached hydrogens (tertiary/aromatic N) is 1. The average molecular weight is 614 g/mol. The third-order valence-corrected chi connectivity index (χ3v) is 8.98. The van der Waals surface area contributed by atoms with Crippen molar-refractivity contribution in [2.75, 3.05) is 6.66 Å². The molecule has 2 aromatic carbocycles. The van der Waals surface area contributed by atoms with Gasteiger partial charge in [-0.3, -0.25) is 4.79 Å². The minimum Gasteiger partial charge on any atom is -0.371 e. The fourth-order valence-electron chi connectivity index (χ4n) is 5.65. The van der Waals surface area contributed by atoms with E-state index in [1.165, 1.54) is 11.3 Å². The highest BCUT2D eigenvalue weighted by Gasteiger charge is 2.59. The summed E-state index contributed by atoms with van der Waals surface area (Å²) in [6.45, 7) is 1.82. The average Bonchev–Trinajstić information content (AvgIpc) is 3.64. The molecular weight excluding hydrogens is 587 g/mol. The van der Waals surface area contributed by atoms with Gasteiger partial charge < -0.3 is 15.4 Å². The predicted octanol–water partition coefficient (Wildman–Crippen LogP) is 6.39. The number of fused-ring (bicyclic) bond motifs is 2. The van der Waals surface area contributed by atoms with Gasteiger partial charge in [0.15, 0.2) is 0 Å². The summed E-state index contributed by atoms with van der Waals surface area (Å²) in [6.07, 6.45) is -9.73. The molecule has 4 atom stereocenters. The van der Waals surface area contributed by atoms with Gasteiger partial charge in [0.05, 0.1) is 47.5 Å². The van der Waals surface area contributed by atoms with Crippen LogP contribution in [-0.4, -0.2) is 35.5 Å². The van der Waals surface area contributed by atoms with Crippen LogP contribution in [0.4, 0.5) is 26.3 Å². The molecule has 2 aliphatic rings. The zero-order valence-corrected chi connectivity index (χ0v) is 23.4. The molecule has 3 heterocycles. The molecule has 4 unspecified atom stereocenters. The van der Waals surface area contributed by atoms with Crippen LogP contribution in [0.5, 0.6) is 0 Å². The minimum atomic E-state index is -4.94. The standard InChI is InChI=1S/C28H26F6N3O2PS/c1-40-14-24-36-20(15-41-24)12-35-25(38)21-11-26(17-5-3-2-4-6-17)23(10-22(21)37-26)39-13-16-7-18(27(29,30)31)9-19(8-16)28(32,33)34/h2-9,14-15,21-23,37H,10-13H2,1H3,(H,35,38). The molecule has 0 aliphatic carbocycles. The van der Waals surface area contributed by atoms with Gasteiger partial charge in [0, 0.05) is 11.4 Å². The van der Waals surface area contributed by atoms with Crippen LogP contribution in [0.25, 0.3) is 0 Å². The van der Waals surface area contributed by atoms with Crippen LogP contribution in [-0.2, 0) is 40.6 Å². The first-order chi connectivity index (χ1) is 19.4. The predicted molar refractivity (Wildman–Crippen MR) is 145 cm³/mol. The molecule has 13 heteroatoms. The molecule has 0 spiro atoms. The van der Waals surface area contributed by atoms with Crippen molar-refractivity contribution in [2.45, 2.75) is 56.0 Å². The molecule has 218 valence electrons. The number of alkyl halides is 6. The Morgan fingerprint density at radius 2 is 1.83 bits per heavy atom. The number of ether oxygens (including phenoxy) is 1. The van der Waals surface area contributed by atoms with Crippen molar-refractivity contribution in [1.82, 2.24) is 15.6 Å². The van der Waals surface area contributed by atoms with E-state index < -0.39 is 47.6 Å². The van der Waals surface area contributed by atoms with E-state index in [4.69, 9.17) is 4.74 Å². The lowest BCUT2D eigenvalue weighted by Crippen LogP contribution is -2.45. The maximum Gasteiger partial charge on any atom is 0.416 e. The SMILES string of the molecule is CP=Cc1nc(CNC(=O)C2CC3(c4ccccc4)NC2CC3OCc2cc(C(F)(F)F)cc(C(F)(F)F)c2)cs1. The first-order valence-electron chi connectivity index (χ1n) is 12.8. The highest BCUT2D eigenvalue weighted by Crippen LogP contribution is 2.50. The normalized spacial score (nSPS) is 24.3. The van der Waals surface area contributed by atoms with E-state index in [1.54, 1.807) is 0 Å². The number of carbonyl (C=O) groups is 1. The highest BCUT2D eigenvalue weighted by atomic mass is 32.1. The van der Waals surface area contributed by atoms with Crippen molar-refractivity contribution in [2.24, 2.45) is 5.92 Å². The number of aromatic nitrogens is 1. The van der Waals surface area contributed by atoms with Gasteiger partial charge >= 0.3 is 12.4 Å². The van der Waals surface area contributed by atoms with Crippen LogP contribution in [0, 0.1) is 5.92 Å². The number of nitrogens with one attached hydrogen (secondary N) is 2. The van der Waals surface area contributed by atoms with Crippen molar-refractivity contribution < 1.29 is 35.9 Å². The summed E-state index contributed by atoms with van der Waals surface area (Å²) in [5, 5.41) is 9.23. The Labute approximate surface area is 238 Å². The number of benzene rings is 2. The molecule has 1 aromatic heterocycles. The summed E-state index contributed by atoms with van der Waals surface area (Å²) in [5.41, 5.74) is -2.23. The lowest BCUT2D eigenvalue weighted by molar-refractivity contribution is -0.143. The van der Waals surface area contributed by atoms with Gasteiger partial charge in [0.1, 0.15) is 5.01 Å². The fraction of sp³-hybridized carbons (Fsp3) is 0.393. The molecular formula is C28H26F6N3O2PS. The molecule has 2 fully saturated rings. The maximum atomic E-state index is 13.3. The van der Waals surface area contributed by atoms with E-state index in [0.29, 0.717) is 25.0 Å². The third kappa shape index (κ3) is 6.35. The van der Waals surface area contributed by atoms with Crippen LogP contribution in [0.3, 0.4) is 0 Å². The molecule has 5 rings (SSSR count). The molecule has 0 saturated carbocycles. The highest BCUT2D eigenvalue weighted by molar-refractivity contribution is 7.39. The van der Waals surface area contributed by atoms with Crippen molar-refractivity contribution in [3.05, 3.63) is 86.9 Å². The number of hydrogen-bond donors (Lipinski definition) is 2. The summed E-state index contributed by atoms with van der Waals surface area (Å²) in [6, 6.07) is 10.4. The van der Waals surface area contributed by atoms with E-state index in [0.717, 1.165) is 24.5 Å². The molecule has 1 amide bonds. The van der Waals surface area contributed by atoms with Gasteiger partial charge in [-0.1, -0.05) is 30.3 Å². The Morgan fingerprint density at radius 3 is 2.46 bits per heavy atom. The van der Waals surface area contributed by atoms with E-state index in [1.807, 2.05) is 48.2 Å². The van der Waals surface area contributed by atoms with E-state index in [-0.39, 0.29) is 30.1 Å². The van der Waals surface area contributed by atoms with E-state index in [9.17, 15) is 31.1 Å². The first kappa shape index (κ1) is 29.7. The van der Waals surface area contributed by atoms with Crippen LogP contribution in [0.2, 0.25) is 0 Å². The second-order valence-electron chi connectivity index (χ2n) is 10.1. The van der Waals surface area contributed by atoms with Gasteiger partial charge in [-0.15, -0.1) is 19.5 Å². The number of amides is 1. The van der Waals surface area contributed by atoms with Crippen molar-refractivity contribution >= 4 is 31.2 Å². The van der Waals surface area contributed by atoms with E-state index >= 15 is 0 Å². The zero-order chi connectivity index (χ0) is 29.4. The van der Waals surface area contributed by atoms with Gasteiger partial charge in [-0.2, -0.15) is 26.3 Å². The largest absolute Gasteiger partial charge is 0.416 e. The molecule has 5 nitrogen and oxygen atoms in total. The topological polar surface area (TPSA) is 63.2 Å². The van der Waals surface area contributed by atoms with Crippen molar-refractivity contribution in [3.63, 3.8) is 0 Å². The van der Waals surface area contributed by atoms with Gasteiger partial charge in [-0.25, -0.2) is 4.98 Å². The maximum absolute atomic E-state index is 13.3. The lowest BCUT2D eigenvalue weighted by Gasteiger charge is -2.36. The van der Waals surface area contributed by atoms with Gasteiger partial charge in [-0.05, 0) is 54.6 Å². The zero-order valence-electron chi connectivity index (χ0n) is 21.7. The smallest absolute Gasteiger partial charge is 0.371 e. The third-order valence-electron chi connectivity index (χ3n) is 7.47. The van der Waals surface area contributed by atoms with Crippen molar-refractivity contribution in [3.8, 4) is 0 Å². The fourth-order valence-corrected chi connectivity index (χ4v) is 7.05. The molecule has 3 aromatic rings. The molecule has 2 N–H and O–H groups in total. The Kier molecular flexibility index (Phi) is 8.31. The van der Waals surface area contributed by atoms with Crippen molar-refractivity contribution in [1.29, 1.82) is 0 Å². The van der Waals surface area contributed by atoms with Crippen LogP contribution in [0.15, 0.2) is 53.9 Å². The number of halogens is 6. The second-order valence-corrected chi connectivity index (χ2v) is 11.8. The minimum absolute atomic E-state index is 0.103. The summed E-state index contributed by atoms with van der Waals surface area (Å²) in [5.74, 6) is 1.42. The lowest BCUT2D eigenvalue weighted by atomic mass is 9.74. The number of thiazole rings is 1. The van der Waals surface area contributed by atoms with Crippen LogP contribution in [0.1, 0.15) is 45.8 Å². The molecule has 2 bridgehead atoms. The second kappa shape index (κ2) is 11.5. The number of hydrogen-bond acceptors (Lipinski definition) is 5. The molecule has 41 heavy (non-hydrogen) atoms. The Morgan fingerprint density at radius 1 is 1.15 bits per heavy atom. The Hall–Kier alpha value is -2.79. The quantitative estimate of drug-likeness (QED) is 0.229. The monoisotopic (exact) mass is 613 g/mol. The number of rotatable bonds is 8. The van der Waals surface area contributed by atoms with Gasteiger partial charge in [0.2, 0.25) is 5.91 Å². The molecule has 2 aliphatic heterocycles. The number of carbonyl (C=O) groups excluding carboxylic acids is 1. The first-order valence-corrected chi connectivity index (χ1v) is 15.1. The Balaban J connectivity index is 1.33. The van der Waals surface area contributed by atoms with Gasteiger partial charge in [0.25, 0.3) is 0 Å². The summed E-state index contributed by atoms with van der Waals surface area (Å²) in [4.78, 5) is 17.7. The van der Waals surface area contributed by atoms with Crippen LogP contribution < -0.4 is 10.6 Å². The molecule has 0 radical (unpaired) electrons.